The van der Waals surface area contributed by atoms with Crippen molar-refractivity contribution in [3.63, 3.8) is 0 Å². The zero-order valence-electron chi connectivity index (χ0n) is 14.1. The Morgan fingerprint density at radius 2 is 1.96 bits per heavy atom. The summed E-state index contributed by atoms with van der Waals surface area (Å²) in [6, 6.07) is 8.18. The Balaban J connectivity index is 1.76. The molecule has 1 N–H and O–H groups in total. The van der Waals surface area contributed by atoms with Crippen molar-refractivity contribution in [2.45, 2.75) is 38.1 Å². The highest BCUT2D eigenvalue weighted by atomic mass is 19.1. The molecule has 0 atom stereocenters. The maximum absolute atomic E-state index is 13.8. The lowest BCUT2D eigenvalue weighted by Crippen LogP contribution is -2.36. The Bertz CT molecular complexity index is 874. The zero-order valence-corrected chi connectivity index (χ0v) is 14.1. The van der Waals surface area contributed by atoms with Gasteiger partial charge in [-0.05, 0) is 37.1 Å². The average molecular weight is 356 g/mol. The molecule has 0 bridgehead atoms. The third-order valence-corrected chi connectivity index (χ3v) is 4.42. The summed E-state index contributed by atoms with van der Waals surface area (Å²) in [7, 11) is 0. The molecule has 1 aromatic heterocycles. The van der Waals surface area contributed by atoms with E-state index in [2.05, 4.69) is 5.32 Å². The lowest BCUT2D eigenvalue weighted by Gasteiger charge is -2.22. The number of carbonyl (C=O) groups excluding carboxylic acids is 1. The highest BCUT2D eigenvalue weighted by Gasteiger charge is 2.18. The van der Waals surface area contributed by atoms with Gasteiger partial charge in [0.2, 0.25) is 0 Å². The maximum atomic E-state index is 13.8. The van der Waals surface area contributed by atoms with Crippen LogP contribution in [0.3, 0.4) is 0 Å². The van der Waals surface area contributed by atoms with Crippen LogP contribution >= 0.6 is 0 Å². The van der Waals surface area contributed by atoms with Crippen LogP contribution in [0.2, 0.25) is 0 Å². The van der Waals surface area contributed by atoms with Gasteiger partial charge in [-0.1, -0.05) is 19.3 Å². The summed E-state index contributed by atoms with van der Waals surface area (Å²) in [6.07, 6.45) is 6.46. The molecule has 0 radical (unpaired) electrons. The topological polar surface area (TPSA) is 66.0 Å². The van der Waals surface area contributed by atoms with Gasteiger partial charge in [-0.25, -0.2) is 8.78 Å². The number of amides is 1. The van der Waals surface area contributed by atoms with Crippen LogP contribution in [-0.4, -0.2) is 11.9 Å². The van der Waals surface area contributed by atoms with Gasteiger partial charge in [0, 0.05) is 18.2 Å². The summed E-state index contributed by atoms with van der Waals surface area (Å²) in [4.78, 5) is 12.3. The number of carbonyl (C=O) groups is 1. The largest absolute Gasteiger partial charge is 0.457 e. The van der Waals surface area contributed by atoms with Crippen LogP contribution in [0.1, 0.15) is 37.9 Å². The Morgan fingerprint density at radius 3 is 2.65 bits per heavy atom. The van der Waals surface area contributed by atoms with E-state index in [1.54, 1.807) is 0 Å². The standard InChI is InChI=1S/C20H18F2N2O2/c21-14-6-8-17(18(22)11-14)19-9-7-16(26-19)10-13(12-23)20(25)24-15-4-2-1-3-5-15/h6-11,15H,1-5H2,(H,24,25)/b13-10+. The Kier molecular flexibility index (Phi) is 5.47. The highest BCUT2D eigenvalue weighted by Crippen LogP contribution is 2.26. The average Bonchev–Trinajstić information content (AvgIpc) is 3.08. The summed E-state index contributed by atoms with van der Waals surface area (Å²) >= 11 is 0. The van der Waals surface area contributed by atoms with Crippen molar-refractivity contribution in [3.05, 3.63) is 53.3 Å². The number of nitriles is 1. The van der Waals surface area contributed by atoms with Crippen LogP contribution in [-0.2, 0) is 4.79 Å². The fourth-order valence-electron chi connectivity index (χ4n) is 3.07. The molecule has 1 amide bonds. The molecule has 4 nitrogen and oxygen atoms in total. The highest BCUT2D eigenvalue weighted by molar-refractivity contribution is 6.01. The van der Waals surface area contributed by atoms with E-state index in [1.807, 2.05) is 6.07 Å². The number of hydrogen-bond donors (Lipinski definition) is 1. The maximum Gasteiger partial charge on any atom is 0.262 e. The van der Waals surface area contributed by atoms with Crippen LogP contribution < -0.4 is 5.32 Å². The number of hydrogen-bond acceptors (Lipinski definition) is 3. The monoisotopic (exact) mass is 356 g/mol. The predicted octanol–water partition coefficient (Wildman–Crippen LogP) is 4.58. The van der Waals surface area contributed by atoms with Crippen LogP contribution in [0.15, 0.2) is 40.3 Å². The molecule has 1 heterocycles. The van der Waals surface area contributed by atoms with Gasteiger partial charge in [-0.15, -0.1) is 0 Å². The first kappa shape index (κ1) is 17.9. The fourth-order valence-corrected chi connectivity index (χ4v) is 3.07. The van der Waals surface area contributed by atoms with E-state index in [9.17, 15) is 18.8 Å². The number of nitrogens with zero attached hydrogens (tertiary/aromatic N) is 1. The molecular weight excluding hydrogens is 338 g/mol. The first-order valence-electron chi connectivity index (χ1n) is 8.55. The zero-order chi connectivity index (χ0) is 18.5. The van der Waals surface area contributed by atoms with Gasteiger partial charge < -0.3 is 9.73 Å². The van der Waals surface area contributed by atoms with Crippen LogP contribution in [0.4, 0.5) is 8.78 Å². The van der Waals surface area contributed by atoms with Crippen LogP contribution in [0, 0.1) is 23.0 Å². The van der Waals surface area contributed by atoms with E-state index < -0.39 is 17.5 Å². The third kappa shape index (κ3) is 4.17. The predicted molar refractivity (Wildman–Crippen MR) is 92.7 cm³/mol. The van der Waals surface area contributed by atoms with Gasteiger partial charge in [0.15, 0.2) is 0 Å². The summed E-state index contributed by atoms with van der Waals surface area (Å²) < 4.78 is 32.3. The molecule has 6 heteroatoms. The van der Waals surface area contributed by atoms with Crippen molar-refractivity contribution in [1.82, 2.24) is 5.32 Å². The quantitative estimate of drug-likeness (QED) is 0.644. The molecule has 3 rings (SSSR count). The molecule has 26 heavy (non-hydrogen) atoms. The van der Waals surface area contributed by atoms with E-state index in [1.165, 1.54) is 30.7 Å². The molecule has 2 aromatic rings. The Labute approximate surface area is 150 Å². The van der Waals surface area contributed by atoms with E-state index >= 15 is 0 Å². The van der Waals surface area contributed by atoms with Crippen molar-refractivity contribution >= 4 is 12.0 Å². The second-order valence-electron chi connectivity index (χ2n) is 6.30. The minimum atomic E-state index is -0.745. The summed E-state index contributed by atoms with van der Waals surface area (Å²) in [5.41, 5.74) is 0.0345. The van der Waals surface area contributed by atoms with E-state index in [4.69, 9.17) is 4.42 Å². The van der Waals surface area contributed by atoms with Crippen molar-refractivity contribution in [1.29, 1.82) is 5.26 Å². The molecule has 1 aromatic carbocycles. The first-order valence-corrected chi connectivity index (χ1v) is 8.55. The Hall–Kier alpha value is -2.94. The lowest BCUT2D eigenvalue weighted by atomic mass is 9.95. The van der Waals surface area contributed by atoms with Gasteiger partial charge >= 0.3 is 0 Å². The summed E-state index contributed by atoms with van der Waals surface area (Å²) in [5, 5.41) is 12.1. The SMILES string of the molecule is N#C/C(=C\c1ccc(-c2ccc(F)cc2F)o1)C(=O)NC1CCCCC1. The molecule has 1 fully saturated rings. The van der Waals surface area contributed by atoms with Gasteiger partial charge in [-0.2, -0.15) is 5.26 Å². The normalized spacial score (nSPS) is 15.5. The van der Waals surface area contributed by atoms with Crippen LogP contribution in [0.5, 0.6) is 0 Å². The van der Waals surface area contributed by atoms with Crippen molar-refractivity contribution in [2.24, 2.45) is 0 Å². The molecule has 134 valence electrons. The van der Waals surface area contributed by atoms with Gasteiger partial charge in [0.05, 0.1) is 5.56 Å². The number of halogens is 2. The summed E-state index contributed by atoms with van der Waals surface area (Å²) in [5.74, 6) is -1.42. The number of benzene rings is 1. The van der Waals surface area contributed by atoms with Crippen LogP contribution in [0.25, 0.3) is 17.4 Å². The molecule has 0 saturated heterocycles. The molecule has 1 aliphatic carbocycles. The smallest absolute Gasteiger partial charge is 0.262 e. The van der Waals surface area contributed by atoms with Crippen molar-refractivity contribution in [3.8, 4) is 17.4 Å². The van der Waals surface area contributed by atoms with Gasteiger partial charge in [0.1, 0.15) is 34.8 Å². The molecule has 0 aliphatic heterocycles. The van der Waals surface area contributed by atoms with Crippen molar-refractivity contribution < 1.29 is 18.0 Å². The summed E-state index contributed by atoms with van der Waals surface area (Å²) in [6.45, 7) is 0. The van der Waals surface area contributed by atoms with E-state index in [-0.39, 0.29) is 28.7 Å². The second kappa shape index (κ2) is 7.96. The molecule has 1 aliphatic rings. The van der Waals surface area contributed by atoms with Gasteiger partial charge in [0.25, 0.3) is 5.91 Å². The molecule has 0 unspecified atom stereocenters. The molecule has 1 saturated carbocycles. The van der Waals surface area contributed by atoms with Gasteiger partial charge in [-0.3, -0.25) is 4.79 Å². The third-order valence-electron chi connectivity index (χ3n) is 4.42. The number of furan rings is 1. The minimum Gasteiger partial charge on any atom is -0.457 e. The molecule has 0 spiro atoms. The van der Waals surface area contributed by atoms with Crippen molar-refractivity contribution in [2.75, 3.05) is 0 Å². The fraction of sp³-hybridized carbons (Fsp3) is 0.300. The first-order chi connectivity index (χ1) is 12.6. The number of nitrogens with one attached hydrogen (secondary N) is 1. The van der Waals surface area contributed by atoms with E-state index in [0.29, 0.717) is 0 Å². The second-order valence-corrected chi connectivity index (χ2v) is 6.30. The Morgan fingerprint density at radius 1 is 1.19 bits per heavy atom. The van der Waals surface area contributed by atoms with E-state index in [0.717, 1.165) is 37.8 Å². The lowest BCUT2D eigenvalue weighted by molar-refractivity contribution is -0.117. The minimum absolute atomic E-state index is 0.0731. The molecular formula is C20H18F2N2O2. The number of rotatable bonds is 4.